The molecule has 1 aromatic carbocycles. The van der Waals surface area contributed by atoms with Gasteiger partial charge in [0.05, 0.1) is 0 Å². The molecule has 3 N–H and O–H groups in total. The number of nitrogens with zero attached hydrogens (tertiary/aromatic N) is 1. The van der Waals surface area contributed by atoms with Crippen LogP contribution in [0.3, 0.4) is 0 Å². The Kier molecular flexibility index (Phi) is 14.9. The first-order valence-electron chi connectivity index (χ1n) is 9.43. The molecule has 0 saturated carbocycles. The van der Waals surface area contributed by atoms with Crippen molar-refractivity contribution in [2.24, 2.45) is 10.9 Å². The van der Waals surface area contributed by atoms with Gasteiger partial charge in [-0.1, -0.05) is 50.6 Å². The molecule has 0 heterocycles. The van der Waals surface area contributed by atoms with E-state index in [1.807, 2.05) is 0 Å². The van der Waals surface area contributed by atoms with Crippen LogP contribution in [0.2, 0.25) is 0 Å². The summed E-state index contributed by atoms with van der Waals surface area (Å²) in [7, 11) is 0. The Balaban J connectivity index is 0.00000576. The van der Waals surface area contributed by atoms with Crippen molar-refractivity contribution in [1.82, 2.24) is 10.6 Å². The number of rotatable bonds is 11. The van der Waals surface area contributed by atoms with Gasteiger partial charge in [0, 0.05) is 32.2 Å². The maximum absolute atomic E-state index is 9.19. The first-order chi connectivity index (χ1) is 11.7. The lowest BCUT2D eigenvalue weighted by atomic mass is 9.97. The van der Waals surface area contributed by atoms with Gasteiger partial charge in [-0.25, -0.2) is 0 Å². The average molecular weight is 461 g/mol. The van der Waals surface area contributed by atoms with Crippen molar-refractivity contribution in [2.45, 2.75) is 52.4 Å². The fraction of sp³-hybridized carbons (Fsp3) is 0.650. The molecule has 0 radical (unpaired) electrons. The highest BCUT2D eigenvalue weighted by atomic mass is 127. The predicted molar refractivity (Wildman–Crippen MR) is 119 cm³/mol. The maximum Gasteiger partial charge on any atom is 0.191 e. The lowest BCUT2D eigenvalue weighted by Crippen LogP contribution is -2.39. The van der Waals surface area contributed by atoms with E-state index >= 15 is 0 Å². The second kappa shape index (κ2) is 15.4. The van der Waals surface area contributed by atoms with Crippen LogP contribution in [0.1, 0.15) is 57.9 Å². The SMILES string of the molecule is CCCC(CCO)CN=C(NCC)NCC(CC)c1ccccc1.I. The summed E-state index contributed by atoms with van der Waals surface area (Å²) < 4.78 is 0. The molecule has 1 aromatic rings. The summed E-state index contributed by atoms with van der Waals surface area (Å²) >= 11 is 0. The molecule has 0 bridgehead atoms. The summed E-state index contributed by atoms with van der Waals surface area (Å²) in [5.41, 5.74) is 1.37. The summed E-state index contributed by atoms with van der Waals surface area (Å²) in [4.78, 5) is 4.73. The van der Waals surface area contributed by atoms with Crippen LogP contribution >= 0.6 is 24.0 Å². The fourth-order valence-electron chi connectivity index (χ4n) is 2.92. The molecule has 2 atom stereocenters. The van der Waals surface area contributed by atoms with Gasteiger partial charge in [-0.05, 0) is 37.7 Å². The quantitative estimate of drug-likeness (QED) is 0.264. The number of hydrogen-bond acceptors (Lipinski definition) is 2. The Morgan fingerprint density at radius 2 is 1.80 bits per heavy atom. The van der Waals surface area contributed by atoms with Crippen molar-refractivity contribution in [3.8, 4) is 0 Å². The van der Waals surface area contributed by atoms with Crippen LogP contribution < -0.4 is 10.6 Å². The molecule has 2 unspecified atom stereocenters. The van der Waals surface area contributed by atoms with E-state index in [4.69, 9.17) is 4.99 Å². The number of benzene rings is 1. The molecule has 25 heavy (non-hydrogen) atoms. The topological polar surface area (TPSA) is 56.7 Å². The highest BCUT2D eigenvalue weighted by molar-refractivity contribution is 14.0. The lowest BCUT2D eigenvalue weighted by molar-refractivity contribution is 0.253. The largest absolute Gasteiger partial charge is 0.396 e. The minimum Gasteiger partial charge on any atom is -0.396 e. The molecule has 0 aromatic heterocycles. The summed E-state index contributed by atoms with van der Waals surface area (Å²) in [6.07, 6.45) is 4.18. The Bertz CT molecular complexity index is 448. The molecule has 0 spiro atoms. The highest BCUT2D eigenvalue weighted by Crippen LogP contribution is 2.18. The first-order valence-corrected chi connectivity index (χ1v) is 9.43. The van der Waals surface area contributed by atoms with Crippen molar-refractivity contribution in [2.75, 3.05) is 26.2 Å². The zero-order valence-electron chi connectivity index (χ0n) is 16.0. The number of aliphatic imine (C=N–C) groups is 1. The fourth-order valence-corrected chi connectivity index (χ4v) is 2.92. The summed E-state index contributed by atoms with van der Waals surface area (Å²) in [6, 6.07) is 10.6. The normalized spacial score (nSPS) is 13.7. The minimum atomic E-state index is 0. The number of guanidine groups is 1. The van der Waals surface area contributed by atoms with E-state index in [2.05, 4.69) is 61.7 Å². The maximum atomic E-state index is 9.19. The van der Waals surface area contributed by atoms with E-state index in [1.54, 1.807) is 0 Å². The third kappa shape index (κ3) is 10.0. The number of nitrogens with one attached hydrogen (secondary N) is 2. The Morgan fingerprint density at radius 3 is 2.36 bits per heavy atom. The van der Waals surface area contributed by atoms with Crippen LogP contribution in [0, 0.1) is 5.92 Å². The molecule has 0 saturated heterocycles. The van der Waals surface area contributed by atoms with E-state index in [0.29, 0.717) is 11.8 Å². The standard InChI is InChI=1S/C20H35N3O.HI/c1-4-10-17(13-14-24)15-22-20(21-6-3)23-16-18(5-2)19-11-8-7-9-12-19;/h7-9,11-12,17-18,24H,4-6,10,13-16H2,1-3H3,(H2,21,22,23);1H. The van der Waals surface area contributed by atoms with Gasteiger partial charge in [-0.2, -0.15) is 0 Å². The van der Waals surface area contributed by atoms with E-state index in [-0.39, 0.29) is 30.6 Å². The van der Waals surface area contributed by atoms with Crippen LogP contribution in [-0.4, -0.2) is 37.3 Å². The number of aliphatic hydroxyl groups is 1. The molecular formula is C20H36IN3O. The summed E-state index contributed by atoms with van der Waals surface area (Å²) in [5.74, 6) is 1.83. The summed E-state index contributed by atoms with van der Waals surface area (Å²) in [5, 5.41) is 16.0. The molecule has 4 nitrogen and oxygen atoms in total. The third-order valence-electron chi connectivity index (χ3n) is 4.37. The van der Waals surface area contributed by atoms with Gasteiger partial charge < -0.3 is 15.7 Å². The second-order valence-electron chi connectivity index (χ2n) is 6.28. The molecule has 144 valence electrons. The van der Waals surface area contributed by atoms with Crippen LogP contribution in [0.15, 0.2) is 35.3 Å². The Labute approximate surface area is 170 Å². The van der Waals surface area contributed by atoms with Crippen LogP contribution in [0.25, 0.3) is 0 Å². The zero-order valence-corrected chi connectivity index (χ0v) is 18.3. The van der Waals surface area contributed by atoms with Gasteiger partial charge >= 0.3 is 0 Å². The molecular weight excluding hydrogens is 425 g/mol. The molecule has 1 rings (SSSR count). The first kappa shape index (κ1) is 24.2. The second-order valence-corrected chi connectivity index (χ2v) is 6.28. The van der Waals surface area contributed by atoms with E-state index in [0.717, 1.165) is 51.3 Å². The van der Waals surface area contributed by atoms with Crippen LogP contribution in [-0.2, 0) is 0 Å². The van der Waals surface area contributed by atoms with Crippen molar-refractivity contribution < 1.29 is 5.11 Å². The molecule has 0 aliphatic heterocycles. The smallest absolute Gasteiger partial charge is 0.191 e. The number of hydrogen-bond donors (Lipinski definition) is 3. The van der Waals surface area contributed by atoms with Crippen LogP contribution in [0.4, 0.5) is 0 Å². The number of aliphatic hydroxyl groups excluding tert-OH is 1. The van der Waals surface area contributed by atoms with E-state index in [1.165, 1.54) is 5.56 Å². The third-order valence-corrected chi connectivity index (χ3v) is 4.37. The summed E-state index contributed by atoms with van der Waals surface area (Å²) in [6.45, 7) is 9.24. The van der Waals surface area contributed by atoms with Crippen molar-refractivity contribution >= 4 is 29.9 Å². The van der Waals surface area contributed by atoms with Crippen molar-refractivity contribution in [3.05, 3.63) is 35.9 Å². The average Bonchev–Trinajstić information content (AvgIpc) is 2.61. The van der Waals surface area contributed by atoms with Gasteiger partial charge in [0.25, 0.3) is 0 Å². The van der Waals surface area contributed by atoms with Crippen molar-refractivity contribution in [1.29, 1.82) is 0 Å². The molecule has 0 aliphatic carbocycles. The molecule has 5 heteroatoms. The predicted octanol–water partition coefficient (Wildman–Crippen LogP) is 4.15. The van der Waals surface area contributed by atoms with Gasteiger partial charge in [0.2, 0.25) is 0 Å². The van der Waals surface area contributed by atoms with Gasteiger partial charge in [-0.3, -0.25) is 4.99 Å². The van der Waals surface area contributed by atoms with E-state index in [9.17, 15) is 5.11 Å². The molecule has 0 amide bonds. The van der Waals surface area contributed by atoms with Gasteiger partial charge in [0.15, 0.2) is 5.96 Å². The minimum absolute atomic E-state index is 0. The monoisotopic (exact) mass is 461 g/mol. The van der Waals surface area contributed by atoms with Gasteiger partial charge in [-0.15, -0.1) is 24.0 Å². The molecule has 0 aliphatic rings. The van der Waals surface area contributed by atoms with Crippen molar-refractivity contribution in [3.63, 3.8) is 0 Å². The Morgan fingerprint density at radius 1 is 1.08 bits per heavy atom. The molecule has 0 fully saturated rings. The Hall–Kier alpha value is -0.820. The highest BCUT2D eigenvalue weighted by Gasteiger charge is 2.11. The van der Waals surface area contributed by atoms with Crippen LogP contribution in [0.5, 0.6) is 0 Å². The number of halogens is 1. The zero-order chi connectivity index (χ0) is 17.6. The lowest BCUT2D eigenvalue weighted by Gasteiger charge is -2.19. The van der Waals surface area contributed by atoms with Gasteiger partial charge in [0.1, 0.15) is 0 Å². The van der Waals surface area contributed by atoms with E-state index < -0.39 is 0 Å².